The van der Waals surface area contributed by atoms with Gasteiger partial charge in [-0.2, -0.15) is 0 Å². The van der Waals surface area contributed by atoms with E-state index in [1.54, 1.807) is 0 Å². The molecule has 2 nitrogen and oxygen atoms in total. The molecule has 1 aromatic carbocycles. The molecule has 1 saturated heterocycles. The van der Waals surface area contributed by atoms with Crippen LogP contribution in [-0.2, 0) is 11.2 Å². The van der Waals surface area contributed by atoms with E-state index in [2.05, 4.69) is 43.4 Å². The molecular formula is C13H20ClNO. The molecule has 1 fully saturated rings. The maximum atomic E-state index is 5.79. The Hall–Kier alpha value is -0.570. The predicted molar refractivity (Wildman–Crippen MR) is 68.9 cm³/mol. The number of nitrogens with one attached hydrogen (secondary N) is 1. The third-order valence-corrected chi connectivity index (χ3v) is 2.75. The van der Waals surface area contributed by atoms with Gasteiger partial charge in [0.25, 0.3) is 0 Å². The monoisotopic (exact) mass is 241 g/mol. The number of halogens is 1. The van der Waals surface area contributed by atoms with Crippen LogP contribution in [-0.4, -0.2) is 19.4 Å². The van der Waals surface area contributed by atoms with E-state index in [4.69, 9.17) is 4.74 Å². The molecule has 0 bridgehead atoms. The molecule has 1 atom stereocenters. The second-order valence-electron chi connectivity index (χ2n) is 5.03. The van der Waals surface area contributed by atoms with E-state index in [1.165, 1.54) is 5.56 Å². The molecule has 1 aliphatic rings. The summed E-state index contributed by atoms with van der Waals surface area (Å²) in [5, 5.41) is 3.44. The topological polar surface area (TPSA) is 21.3 Å². The van der Waals surface area contributed by atoms with Crippen LogP contribution in [0.1, 0.15) is 19.4 Å². The van der Waals surface area contributed by atoms with E-state index in [1.807, 2.05) is 6.07 Å². The average Bonchev–Trinajstić information content (AvgIpc) is 2.23. The first-order valence-corrected chi connectivity index (χ1v) is 5.55. The maximum absolute atomic E-state index is 5.79. The summed E-state index contributed by atoms with van der Waals surface area (Å²) in [6.07, 6.45) is 1.14. The Labute approximate surface area is 104 Å². The summed E-state index contributed by atoms with van der Waals surface area (Å²) >= 11 is 0. The summed E-state index contributed by atoms with van der Waals surface area (Å²) in [5.74, 6) is 0. The van der Waals surface area contributed by atoms with Gasteiger partial charge in [-0.25, -0.2) is 0 Å². The number of rotatable bonds is 2. The SMILES string of the molecule is CC1(C)CNC(Cc2ccccc2)OC1.Cl. The highest BCUT2D eigenvalue weighted by Gasteiger charge is 2.26. The lowest BCUT2D eigenvalue weighted by Crippen LogP contribution is -2.48. The van der Waals surface area contributed by atoms with Crippen molar-refractivity contribution in [2.75, 3.05) is 13.2 Å². The average molecular weight is 242 g/mol. The van der Waals surface area contributed by atoms with Gasteiger partial charge >= 0.3 is 0 Å². The normalized spacial score (nSPS) is 23.5. The van der Waals surface area contributed by atoms with E-state index in [-0.39, 0.29) is 24.0 Å². The van der Waals surface area contributed by atoms with Gasteiger partial charge in [-0.05, 0) is 5.56 Å². The zero-order valence-electron chi connectivity index (χ0n) is 9.90. The number of ether oxygens (including phenoxy) is 1. The van der Waals surface area contributed by atoms with Gasteiger partial charge in [0.15, 0.2) is 0 Å². The fraction of sp³-hybridized carbons (Fsp3) is 0.538. The van der Waals surface area contributed by atoms with E-state index >= 15 is 0 Å². The fourth-order valence-corrected chi connectivity index (χ4v) is 1.79. The summed E-state index contributed by atoms with van der Waals surface area (Å²) in [6, 6.07) is 10.5. The van der Waals surface area contributed by atoms with Crippen molar-refractivity contribution in [1.29, 1.82) is 0 Å². The zero-order chi connectivity index (χ0) is 10.7. The molecule has 0 spiro atoms. The van der Waals surface area contributed by atoms with Crippen LogP contribution < -0.4 is 5.32 Å². The fourth-order valence-electron chi connectivity index (χ4n) is 1.79. The van der Waals surface area contributed by atoms with E-state index in [0.717, 1.165) is 19.6 Å². The largest absolute Gasteiger partial charge is 0.362 e. The van der Waals surface area contributed by atoms with Crippen molar-refractivity contribution in [3.63, 3.8) is 0 Å². The van der Waals surface area contributed by atoms with Crippen molar-refractivity contribution < 1.29 is 4.74 Å². The van der Waals surface area contributed by atoms with E-state index < -0.39 is 0 Å². The van der Waals surface area contributed by atoms with Crippen LogP contribution in [0.15, 0.2) is 30.3 Å². The second-order valence-corrected chi connectivity index (χ2v) is 5.03. The van der Waals surface area contributed by atoms with Crippen LogP contribution in [0.5, 0.6) is 0 Å². The van der Waals surface area contributed by atoms with Crippen LogP contribution in [0.2, 0.25) is 0 Å². The molecule has 0 amide bonds. The van der Waals surface area contributed by atoms with Crippen LogP contribution in [0, 0.1) is 5.41 Å². The third-order valence-electron chi connectivity index (χ3n) is 2.75. The molecule has 0 aromatic heterocycles. The highest BCUT2D eigenvalue weighted by Crippen LogP contribution is 2.20. The summed E-state index contributed by atoms with van der Waals surface area (Å²) in [7, 11) is 0. The van der Waals surface area contributed by atoms with Crippen molar-refractivity contribution in [2.24, 2.45) is 5.41 Å². The Bertz CT molecular complexity index is 303. The van der Waals surface area contributed by atoms with Gasteiger partial charge < -0.3 is 4.74 Å². The van der Waals surface area contributed by atoms with E-state index in [9.17, 15) is 0 Å². The first-order chi connectivity index (χ1) is 7.16. The van der Waals surface area contributed by atoms with Crippen molar-refractivity contribution in [1.82, 2.24) is 5.32 Å². The third kappa shape index (κ3) is 3.78. The Balaban J connectivity index is 0.00000128. The van der Waals surface area contributed by atoms with Gasteiger partial charge in [-0.15, -0.1) is 12.4 Å². The lowest BCUT2D eigenvalue weighted by atomic mass is 9.93. The van der Waals surface area contributed by atoms with Crippen LogP contribution in [0.25, 0.3) is 0 Å². The Morgan fingerprint density at radius 3 is 2.56 bits per heavy atom. The van der Waals surface area contributed by atoms with Crippen LogP contribution in [0.4, 0.5) is 0 Å². The molecular weight excluding hydrogens is 222 g/mol. The number of benzene rings is 1. The highest BCUT2D eigenvalue weighted by molar-refractivity contribution is 5.85. The molecule has 1 heterocycles. The van der Waals surface area contributed by atoms with Gasteiger partial charge in [0.2, 0.25) is 0 Å². The van der Waals surface area contributed by atoms with Gasteiger partial charge in [-0.1, -0.05) is 44.2 Å². The molecule has 1 aromatic rings. The summed E-state index contributed by atoms with van der Waals surface area (Å²) < 4.78 is 5.79. The molecule has 0 radical (unpaired) electrons. The van der Waals surface area contributed by atoms with Gasteiger partial charge in [-0.3, -0.25) is 5.32 Å². The smallest absolute Gasteiger partial charge is 0.112 e. The lowest BCUT2D eigenvalue weighted by Gasteiger charge is -2.35. The minimum absolute atomic E-state index is 0. The minimum Gasteiger partial charge on any atom is -0.362 e. The summed E-state index contributed by atoms with van der Waals surface area (Å²) in [4.78, 5) is 0. The standard InChI is InChI=1S/C13H19NO.ClH/c1-13(2)9-14-12(15-10-13)8-11-6-4-3-5-7-11;/h3-7,12,14H,8-10H2,1-2H3;1H. The zero-order valence-corrected chi connectivity index (χ0v) is 10.7. The van der Waals surface area contributed by atoms with Gasteiger partial charge in [0.05, 0.1) is 6.61 Å². The van der Waals surface area contributed by atoms with Crippen molar-refractivity contribution >= 4 is 12.4 Å². The molecule has 16 heavy (non-hydrogen) atoms. The molecule has 0 aliphatic carbocycles. The Morgan fingerprint density at radius 2 is 2.00 bits per heavy atom. The first kappa shape index (κ1) is 13.5. The van der Waals surface area contributed by atoms with Crippen molar-refractivity contribution in [2.45, 2.75) is 26.5 Å². The maximum Gasteiger partial charge on any atom is 0.112 e. The molecule has 1 N–H and O–H groups in total. The molecule has 90 valence electrons. The predicted octanol–water partition coefficient (Wildman–Crippen LogP) is 2.62. The Kier molecular flexibility index (Phi) is 4.78. The highest BCUT2D eigenvalue weighted by atomic mass is 35.5. The van der Waals surface area contributed by atoms with Crippen LogP contribution in [0.3, 0.4) is 0 Å². The van der Waals surface area contributed by atoms with Gasteiger partial charge in [0.1, 0.15) is 6.23 Å². The molecule has 0 saturated carbocycles. The summed E-state index contributed by atoms with van der Waals surface area (Å²) in [5.41, 5.74) is 1.60. The minimum atomic E-state index is 0. The second kappa shape index (κ2) is 5.67. The van der Waals surface area contributed by atoms with E-state index in [0.29, 0.717) is 0 Å². The van der Waals surface area contributed by atoms with Crippen molar-refractivity contribution in [3.05, 3.63) is 35.9 Å². The molecule has 1 aliphatic heterocycles. The molecule has 3 heteroatoms. The number of hydrogen-bond donors (Lipinski definition) is 1. The molecule has 1 unspecified atom stereocenters. The number of hydrogen-bond acceptors (Lipinski definition) is 2. The first-order valence-electron chi connectivity index (χ1n) is 5.55. The van der Waals surface area contributed by atoms with Gasteiger partial charge in [0, 0.05) is 18.4 Å². The summed E-state index contributed by atoms with van der Waals surface area (Å²) in [6.45, 7) is 6.32. The Morgan fingerprint density at radius 1 is 1.31 bits per heavy atom. The molecule has 2 rings (SSSR count). The van der Waals surface area contributed by atoms with Crippen LogP contribution >= 0.6 is 12.4 Å². The van der Waals surface area contributed by atoms with Crippen molar-refractivity contribution in [3.8, 4) is 0 Å². The lowest BCUT2D eigenvalue weighted by molar-refractivity contribution is -0.0566. The quantitative estimate of drug-likeness (QED) is 0.860.